The van der Waals surface area contributed by atoms with Crippen LogP contribution in [0, 0.1) is 0 Å². The van der Waals surface area contributed by atoms with Gasteiger partial charge < -0.3 is 10.6 Å². The molecule has 1 heterocycles. The summed E-state index contributed by atoms with van der Waals surface area (Å²) in [4.78, 5) is 10.4. The average Bonchev–Trinajstić information content (AvgIpc) is 3.14. The molecule has 0 bridgehead atoms. The van der Waals surface area contributed by atoms with E-state index in [9.17, 15) is 0 Å². The molecule has 1 fully saturated rings. The van der Waals surface area contributed by atoms with Crippen molar-refractivity contribution >= 4 is 17.6 Å². The molecule has 4 nitrogen and oxygen atoms in total. The van der Waals surface area contributed by atoms with Gasteiger partial charge in [-0.3, -0.25) is 4.99 Å². The van der Waals surface area contributed by atoms with E-state index < -0.39 is 0 Å². The lowest BCUT2D eigenvalue weighted by molar-refractivity contribution is 0.487. The van der Waals surface area contributed by atoms with Crippen molar-refractivity contribution in [1.82, 2.24) is 9.88 Å². The second-order valence-electron chi connectivity index (χ2n) is 4.32. The van der Waals surface area contributed by atoms with Crippen LogP contribution in [0.15, 0.2) is 23.3 Å². The van der Waals surface area contributed by atoms with Crippen molar-refractivity contribution in [3.05, 3.63) is 29.0 Å². The number of guanidine groups is 1. The number of halogens is 1. The van der Waals surface area contributed by atoms with Crippen molar-refractivity contribution in [2.24, 2.45) is 10.7 Å². The highest BCUT2D eigenvalue weighted by molar-refractivity contribution is 6.29. The van der Waals surface area contributed by atoms with Crippen LogP contribution in [0.2, 0.25) is 5.15 Å². The van der Waals surface area contributed by atoms with Gasteiger partial charge in [0.25, 0.3) is 0 Å². The van der Waals surface area contributed by atoms with Crippen LogP contribution >= 0.6 is 11.6 Å². The van der Waals surface area contributed by atoms with Crippen LogP contribution in [0.3, 0.4) is 0 Å². The molecule has 0 atom stereocenters. The minimum atomic E-state index is 0.519. The third kappa shape index (κ3) is 3.60. The van der Waals surface area contributed by atoms with E-state index in [1.54, 1.807) is 12.3 Å². The summed E-state index contributed by atoms with van der Waals surface area (Å²) in [6.07, 6.45) is 5.07. The van der Waals surface area contributed by atoms with Gasteiger partial charge in [0, 0.05) is 25.8 Å². The van der Waals surface area contributed by atoms with Crippen LogP contribution < -0.4 is 5.73 Å². The van der Waals surface area contributed by atoms with Gasteiger partial charge in [-0.1, -0.05) is 17.7 Å². The number of aromatic nitrogens is 1. The summed E-state index contributed by atoms with van der Waals surface area (Å²) in [6, 6.07) is 4.36. The summed E-state index contributed by atoms with van der Waals surface area (Å²) in [6.45, 7) is 0.687. The molecule has 0 amide bonds. The molecule has 0 spiro atoms. The molecule has 92 valence electrons. The maximum absolute atomic E-state index is 5.89. The molecule has 1 saturated carbocycles. The van der Waals surface area contributed by atoms with Crippen molar-refractivity contribution in [2.45, 2.75) is 25.3 Å². The summed E-state index contributed by atoms with van der Waals surface area (Å²) >= 11 is 5.71. The standard InChI is InChI=1S/C12H17ClN4/c1-17(10-3-4-10)12(14)15-7-6-9-2-5-11(13)16-8-9/h2,5,8,10H,3-4,6-7H2,1H3,(H2,14,15). The van der Waals surface area contributed by atoms with Gasteiger partial charge in [-0.05, 0) is 30.9 Å². The van der Waals surface area contributed by atoms with E-state index in [1.165, 1.54) is 12.8 Å². The molecule has 0 aromatic carbocycles. The van der Waals surface area contributed by atoms with Crippen molar-refractivity contribution in [3.8, 4) is 0 Å². The minimum absolute atomic E-state index is 0.519. The summed E-state index contributed by atoms with van der Waals surface area (Å²) < 4.78 is 0. The lowest BCUT2D eigenvalue weighted by Crippen LogP contribution is -2.35. The molecular weight excluding hydrogens is 236 g/mol. The molecule has 1 aliphatic rings. The highest BCUT2D eigenvalue weighted by Crippen LogP contribution is 2.24. The minimum Gasteiger partial charge on any atom is -0.370 e. The van der Waals surface area contributed by atoms with Gasteiger partial charge in [-0.2, -0.15) is 0 Å². The number of hydrogen-bond acceptors (Lipinski definition) is 2. The van der Waals surface area contributed by atoms with Crippen molar-refractivity contribution in [3.63, 3.8) is 0 Å². The Kier molecular flexibility index (Phi) is 3.84. The molecule has 1 aromatic heterocycles. The molecule has 1 aromatic rings. The van der Waals surface area contributed by atoms with Crippen LogP contribution in [0.5, 0.6) is 0 Å². The van der Waals surface area contributed by atoms with Gasteiger partial charge in [0.1, 0.15) is 5.15 Å². The molecular formula is C12H17ClN4. The molecule has 0 radical (unpaired) electrons. The van der Waals surface area contributed by atoms with Crippen molar-refractivity contribution in [2.75, 3.05) is 13.6 Å². The maximum atomic E-state index is 5.89. The van der Waals surface area contributed by atoms with Crippen molar-refractivity contribution < 1.29 is 0 Å². The Labute approximate surface area is 106 Å². The average molecular weight is 253 g/mol. The lowest BCUT2D eigenvalue weighted by Gasteiger charge is -2.16. The second kappa shape index (κ2) is 5.36. The first-order valence-corrected chi connectivity index (χ1v) is 6.18. The molecule has 0 saturated heterocycles. The fourth-order valence-electron chi connectivity index (χ4n) is 1.61. The molecule has 5 heteroatoms. The lowest BCUT2D eigenvalue weighted by atomic mass is 10.2. The largest absolute Gasteiger partial charge is 0.370 e. The zero-order valence-electron chi connectivity index (χ0n) is 9.93. The van der Waals surface area contributed by atoms with Crippen molar-refractivity contribution in [1.29, 1.82) is 0 Å². The molecule has 2 N–H and O–H groups in total. The third-order valence-electron chi connectivity index (χ3n) is 2.92. The SMILES string of the molecule is CN(C(N)=NCCc1ccc(Cl)nc1)C1CC1. The number of nitrogens with zero attached hydrogens (tertiary/aromatic N) is 3. The monoisotopic (exact) mass is 252 g/mol. The second-order valence-corrected chi connectivity index (χ2v) is 4.71. The van der Waals surface area contributed by atoms with Gasteiger partial charge in [-0.25, -0.2) is 4.98 Å². The quantitative estimate of drug-likeness (QED) is 0.504. The number of rotatable bonds is 4. The number of hydrogen-bond donors (Lipinski definition) is 1. The molecule has 0 unspecified atom stereocenters. The summed E-state index contributed by atoms with van der Waals surface area (Å²) in [5.74, 6) is 0.634. The van der Waals surface area contributed by atoms with E-state index in [-0.39, 0.29) is 0 Å². The zero-order chi connectivity index (χ0) is 12.3. The molecule has 2 rings (SSSR count). The summed E-state index contributed by atoms with van der Waals surface area (Å²) in [5.41, 5.74) is 7.01. The van der Waals surface area contributed by atoms with Crippen LogP contribution in [-0.2, 0) is 6.42 Å². The topological polar surface area (TPSA) is 54.5 Å². The molecule has 1 aliphatic carbocycles. The number of aliphatic imine (C=N–C) groups is 1. The Morgan fingerprint density at radius 1 is 1.59 bits per heavy atom. The first-order valence-electron chi connectivity index (χ1n) is 5.80. The highest BCUT2D eigenvalue weighted by Gasteiger charge is 2.27. The zero-order valence-corrected chi connectivity index (χ0v) is 10.7. The Morgan fingerprint density at radius 2 is 2.35 bits per heavy atom. The Bertz CT molecular complexity index is 397. The third-order valence-corrected chi connectivity index (χ3v) is 3.14. The van der Waals surface area contributed by atoms with Gasteiger partial charge in [-0.15, -0.1) is 0 Å². The van der Waals surface area contributed by atoms with Crippen LogP contribution in [0.1, 0.15) is 18.4 Å². The van der Waals surface area contributed by atoms with Gasteiger partial charge >= 0.3 is 0 Å². The van der Waals surface area contributed by atoms with Gasteiger partial charge in [0.15, 0.2) is 5.96 Å². The number of pyridine rings is 1. The molecule has 17 heavy (non-hydrogen) atoms. The van der Waals surface area contributed by atoms with Gasteiger partial charge in [0.05, 0.1) is 0 Å². The smallest absolute Gasteiger partial charge is 0.191 e. The van der Waals surface area contributed by atoms with E-state index in [2.05, 4.69) is 14.9 Å². The van der Waals surface area contributed by atoms with E-state index in [4.69, 9.17) is 17.3 Å². The fourth-order valence-corrected chi connectivity index (χ4v) is 1.73. The van der Waals surface area contributed by atoms with E-state index in [0.717, 1.165) is 12.0 Å². The Morgan fingerprint density at radius 3 is 2.94 bits per heavy atom. The predicted octanol–water partition coefficient (Wildman–Crippen LogP) is 1.69. The van der Waals surface area contributed by atoms with E-state index >= 15 is 0 Å². The van der Waals surface area contributed by atoms with Crippen LogP contribution in [0.4, 0.5) is 0 Å². The number of nitrogens with two attached hydrogens (primary N) is 1. The van der Waals surface area contributed by atoms with Crippen LogP contribution in [-0.4, -0.2) is 35.5 Å². The fraction of sp³-hybridized carbons (Fsp3) is 0.500. The normalized spacial score (nSPS) is 16.0. The summed E-state index contributed by atoms with van der Waals surface area (Å²) in [5, 5.41) is 0.519. The first-order chi connectivity index (χ1) is 8.16. The van der Waals surface area contributed by atoms with Crippen LogP contribution in [0.25, 0.3) is 0 Å². The predicted molar refractivity (Wildman–Crippen MR) is 70.2 cm³/mol. The Balaban J connectivity index is 1.81. The maximum Gasteiger partial charge on any atom is 0.191 e. The van der Waals surface area contributed by atoms with E-state index in [0.29, 0.717) is 23.7 Å². The first kappa shape index (κ1) is 12.2. The summed E-state index contributed by atoms with van der Waals surface area (Å²) in [7, 11) is 2.00. The van der Waals surface area contributed by atoms with Gasteiger partial charge in [0.2, 0.25) is 0 Å². The Hall–Kier alpha value is -1.29. The van der Waals surface area contributed by atoms with E-state index in [1.807, 2.05) is 13.1 Å². The highest BCUT2D eigenvalue weighted by atomic mass is 35.5. The molecule has 0 aliphatic heterocycles.